The molecule has 0 aliphatic carbocycles. The van der Waals surface area contributed by atoms with E-state index in [9.17, 15) is 9.59 Å². The Morgan fingerprint density at radius 3 is 2.54 bits per heavy atom. The van der Waals surface area contributed by atoms with Gasteiger partial charge in [0.2, 0.25) is 5.91 Å². The van der Waals surface area contributed by atoms with Crippen LogP contribution in [0.15, 0.2) is 59.7 Å². The van der Waals surface area contributed by atoms with E-state index in [2.05, 4.69) is 10.3 Å². The van der Waals surface area contributed by atoms with Crippen molar-refractivity contribution >= 4 is 28.4 Å². The molecule has 1 amide bonds. The lowest BCUT2D eigenvalue weighted by atomic mass is 9.96. The van der Waals surface area contributed by atoms with Gasteiger partial charge < -0.3 is 5.32 Å². The molecule has 0 spiro atoms. The van der Waals surface area contributed by atoms with Gasteiger partial charge in [-0.25, -0.2) is 4.98 Å². The Morgan fingerprint density at radius 1 is 1.15 bits per heavy atom. The van der Waals surface area contributed by atoms with Gasteiger partial charge in [0.15, 0.2) is 0 Å². The molecule has 1 N–H and O–H groups in total. The molecule has 1 heterocycles. The Morgan fingerprint density at radius 2 is 1.85 bits per heavy atom. The fraction of sp³-hybridized carbons (Fsp3) is 0.250. The maximum Gasteiger partial charge on any atom is 0.261 e. The molecule has 0 fully saturated rings. The molecule has 0 aliphatic rings. The van der Waals surface area contributed by atoms with Crippen molar-refractivity contribution < 1.29 is 4.79 Å². The van der Waals surface area contributed by atoms with Crippen molar-refractivity contribution in [3.63, 3.8) is 0 Å². The van der Waals surface area contributed by atoms with Crippen LogP contribution < -0.4 is 10.9 Å². The van der Waals surface area contributed by atoms with E-state index in [1.165, 1.54) is 10.9 Å². The van der Waals surface area contributed by atoms with Crippen molar-refractivity contribution in [2.75, 3.05) is 0 Å². The van der Waals surface area contributed by atoms with Crippen molar-refractivity contribution in [2.45, 2.75) is 26.4 Å². The smallest absolute Gasteiger partial charge is 0.261 e. The Kier molecular flexibility index (Phi) is 5.38. The quantitative estimate of drug-likeness (QED) is 0.747. The van der Waals surface area contributed by atoms with E-state index in [1.54, 1.807) is 30.3 Å². The van der Waals surface area contributed by atoms with E-state index in [1.807, 2.05) is 32.0 Å². The van der Waals surface area contributed by atoms with Crippen LogP contribution in [0.4, 0.5) is 0 Å². The Hall–Kier alpha value is -2.66. The van der Waals surface area contributed by atoms with Crippen molar-refractivity contribution in [1.29, 1.82) is 0 Å². The molecule has 0 radical (unpaired) electrons. The molecule has 0 unspecified atom stereocenters. The molecule has 1 aromatic heterocycles. The maximum atomic E-state index is 12.5. The summed E-state index contributed by atoms with van der Waals surface area (Å²) in [7, 11) is 0. The van der Waals surface area contributed by atoms with Gasteiger partial charge in [-0.15, -0.1) is 0 Å². The molecule has 2 aromatic carbocycles. The van der Waals surface area contributed by atoms with E-state index in [0.717, 1.165) is 5.56 Å². The molecule has 3 rings (SSSR count). The lowest BCUT2D eigenvalue weighted by Crippen LogP contribution is -2.36. The third kappa shape index (κ3) is 3.94. The number of hydrogen-bond donors (Lipinski definition) is 1. The van der Waals surface area contributed by atoms with Crippen molar-refractivity contribution in [2.24, 2.45) is 5.92 Å². The van der Waals surface area contributed by atoms with Gasteiger partial charge in [-0.1, -0.05) is 49.7 Å². The predicted octanol–water partition coefficient (Wildman–Crippen LogP) is 3.56. The molecule has 0 aliphatic heterocycles. The van der Waals surface area contributed by atoms with Gasteiger partial charge >= 0.3 is 0 Å². The number of benzene rings is 2. The molecule has 0 bridgehead atoms. The van der Waals surface area contributed by atoms with Crippen molar-refractivity contribution in [3.8, 4) is 0 Å². The average Bonchev–Trinajstić information content (AvgIpc) is 2.63. The van der Waals surface area contributed by atoms with Crippen LogP contribution in [0, 0.1) is 5.92 Å². The fourth-order valence-corrected chi connectivity index (χ4v) is 3.02. The van der Waals surface area contributed by atoms with Crippen molar-refractivity contribution in [1.82, 2.24) is 14.9 Å². The van der Waals surface area contributed by atoms with Crippen LogP contribution in [0.2, 0.25) is 5.02 Å². The van der Waals surface area contributed by atoms with Crippen LogP contribution in [0.1, 0.15) is 25.5 Å². The molecular weight excluding hydrogens is 350 g/mol. The number of nitrogens with one attached hydrogen (secondary N) is 1. The van der Waals surface area contributed by atoms with Crippen LogP contribution in [0.3, 0.4) is 0 Å². The first-order valence-electron chi connectivity index (χ1n) is 8.44. The van der Waals surface area contributed by atoms with E-state index in [0.29, 0.717) is 15.9 Å². The zero-order valence-corrected chi connectivity index (χ0v) is 15.4. The number of hydrogen-bond acceptors (Lipinski definition) is 3. The normalized spacial score (nSPS) is 12.3. The molecule has 134 valence electrons. The lowest BCUT2D eigenvalue weighted by molar-refractivity contribution is -0.122. The first-order valence-corrected chi connectivity index (χ1v) is 8.82. The Bertz CT molecular complexity index is 980. The van der Waals surface area contributed by atoms with E-state index in [4.69, 9.17) is 11.6 Å². The van der Waals surface area contributed by atoms with Crippen LogP contribution >= 0.6 is 11.6 Å². The molecular formula is C20H20ClN3O2. The second-order valence-electron chi connectivity index (χ2n) is 6.54. The summed E-state index contributed by atoms with van der Waals surface area (Å²) >= 11 is 5.94. The van der Waals surface area contributed by atoms with Crippen LogP contribution in [0.25, 0.3) is 10.9 Å². The van der Waals surface area contributed by atoms with E-state index < -0.39 is 0 Å². The second kappa shape index (κ2) is 7.70. The summed E-state index contributed by atoms with van der Waals surface area (Å²) in [4.78, 5) is 29.3. The number of fused-ring (bicyclic) bond motifs is 1. The summed E-state index contributed by atoms with van der Waals surface area (Å²) in [5, 5.41) is 4.16. The summed E-state index contributed by atoms with van der Waals surface area (Å²) in [5.74, 6) is -0.0515. The highest BCUT2D eigenvalue weighted by molar-refractivity contribution is 6.30. The molecule has 0 saturated heterocycles. The van der Waals surface area contributed by atoms with Gasteiger partial charge in [-0.05, 0) is 35.7 Å². The van der Waals surface area contributed by atoms with Gasteiger partial charge in [0.25, 0.3) is 5.56 Å². The standard InChI is InChI=1S/C20H20ClN3O2/c1-13(2)19(14-7-9-15(21)10-8-14)23-18(25)11-24-12-22-17-6-4-3-5-16(17)20(24)26/h3-10,12-13,19H,11H2,1-2H3,(H,23,25)/t19-/m1/s1. The van der Waals surface area contributed by atoms with Gasteiger partial charge in [-0.3, -0.25) is 14.2 Å². The number of carbonyl (C=O) groups excluding carboxylic acids is 1. The number of carbonyl (C=O) groups is 1. The molecule has 5 nitrogen and oxygen atoms in total. The monoisotopic (exact) mass is 369 g/mol. The summed E-state index contributed by atoms with van der Waals surface area (Å²) < 4.78 is 1.33. The zero-order valence-electron chi connectivity index (χ0n) is 14.6. The SMILES string of the molecule is CC(C)[C@@H](NC(=O)Cn1cnc2ccccc2c1=O)c1ccc(Cl)cc1. The molecule has 6 heteroatoms. The number of para-hydroxylation sites is 1. The molecule has 26 heavy (non-hydrogen) atoms. The third-order valence-electron chi connectivity index (χ3n) is 4.26. The first-order chi connectivity index (χ1) is 12.5. The summed E-state index contributed by atoms with van der Waals surface area (Å²) in [6.45, 7) is 3.99. The minimum Gasteiger partial charge on any atom is -0.347 e. The Balaban J connectivity index is 1.80. The maximum absolute atomic E-state index is 12.5. The summed E-state index contributed by atoms with van der Waals surface area (Å²) in [5.41, 5.74) is 1.37. The predicted molar refractivity (Wildman–Crippen MR) is 103 cm³/mol. The number of aromatic nitrogens is 2. The Labute approximate surface area is 156 Å². The topological polar surface area (TPSA) is 64.0 Å². The van der Waals surface area contributed by atoms with Crippen LogP contribution in [0.5, 0.6) is 0 Å². The van der Waals surface area contributed by atoms with E-state index >= 15 is 0 Å². The highest BCUT2D eigenvalue weighted by Gasteiger charge is 2.19. The highest BCUT2D eigenvalue weighted by atomic mass is 35.5. The average molecular weight is 370 g/mol. The molecule has 1 atom stereocenters. The van der Waals surface area contributed by atoms with Gasteiger partial charge in [-0.2, -0.15) is 0 Å². The summed E-state index contributed by atoms with van der Waals surface area (Å²) in [6.07, 6.45) is 1.41. The summed E-state index contributed by atoms with van der Waals surface area (Å²) in [6, 6.07) is 14.3. The third-order valence-corrected chi connectivity index (χ3v) is 4.51. The number of rotatable bonds is 5. The zero-order chi connectivity index (χ0) is 18.7. The lowest BCUT2D eigenvalue weighted by Gasteiger charge is -2.23. The molecule has 0 saturated carbocycles. The fourth-order valence-electron chi connectivity index (χ4n) is 2.90. The highest BCUT2D eigenvalue weighted by Crippen LogP contribution is 2.23. The number of amides is 1. The van der Waals surface area contributed by atoms with Gasteiger partial charge in [0.05, 0.1) is 23.3 Å². The van der Waals surface area contributed by atoms with Gasteiger partial charge in [0.1, 0.15) is 6.54 Å². The number of halogens is 1. The largest absolute Gasteiger partial charge is 0.347 e. The van der Waals surface area contributed by atoms with Crippen molar-refractivity contribution in [3.05, 3.63) is 75.8 Å². The number of nitrogens with zero attached hydrogens (tertiary/aromatic N) is 2. The van der Waals surface area contributed by atoms with Crippen LogP contribution in [-0.4, -0.2) is 15.5 Å². The van der Waals surface area contributed by atoms with Gasteiger partial charge in [0, 0.05) is 5.02 Å². The minimum atomic E-state index is -0.238. The first kappa shape index (κ1) is 18.1. The van der Waals surface area contributed by atoms with Crippen LogP contribution in [-0.2, 0) is 11.3 Å². The minimum absolute atomic E-state index is 0.0759. The van der Waals surface area contributed by atoms with E-state index in [-0.39, 0.29) is 30.0 Å². The molecule has 3 aromatic rings. The second-order valence-corrected chi connectivity index (χ2v) is 6.97.